The number of hydrogen-bond donors (Lipinski definition) is 1. The third kappa shape index (κ3) is 2.58. The first-order valence-corrected chi connectivity index (χ1v) is 6.70. The van der Waals surface area contributed by atoms with Crippen LogP contribution in [0, 0.1) is 11.8 Å². The highest BCUT2D eigenvalue weighted by Crippen LogP contribution is 2.26. The van der Waals surface area contributed by atoms with E-state index in [1.54, 1.807) is 0 Å². The molecule has 2 aliphatic rings. The lowest BCUT2D eigenvalue weighted by molar-refractivity contribution is -0.0149. The molecule has 2 aliphatic heterocycles. The van der Waals surface area contributed by atoms with E-state index in [-0.39, 0.29) is 0 Å². The second-order valence-corrected chi connectivity index (χ2v) is 5.60. The molecule has 16 heavy (non-hydrogen) atoms. The van der Waals surface area contributed by atoms with Crippen LogP contribution in [-0.2, 0) is 4.74 Å². The molecule has 0 aromatic rings. The van der Waals surface area contributed by atoms with Crippen molar-refractivity contribution in [3.05, 3.63) is 0 Å². The SMILES string of the molecule is COC1CCCN(C2C(C)CNCC2C)C1. The Morgan fingerprint density at radius 2 is 1.88 bits per heavy atom. The minimum atomic E-state index is 0.461. The Hall–Kier alpha value is -0.120. The van der Waals surface area contributed by atoms with Crippen LogP contribution < -0.4 is 5.32 Å². The van der Waals surface area contributed by atoms with Gasteiger partial charge in [0, 0.05) is 19.7 Å². The Kier molecular flexibility index (Phi) is 4.22. The lowest BCUT2D eigenvalue weighted by Gasteiger charge is -2.46. The summed E-state index contributed by atoms with van der Waals surface area (Å²) in [5.41, 5.74) is 0. The Morgan fingerprint density at radius 3 is 2.50 bits per heavy atom. The van der Waals surface area contributed by atoms with Crippen molar-refractivity contribution in [3.63, 3.8) is 0 Å². The smallest absolute Gasteiger partial charge is 0.0698 e. The van der Waals surface area contributed by atoms with Crippen LogP contribution in [0.3, 0.4) is 0 Å². The molecule has 2 heterocycles. The molecule has 0 radical (unpaired) electrons. The maximum Gasteiger partial charge on any atom is 0.0698 e. The van der Waals surface area contributed by atoms with Gasteiger partial charge in [0.1, 0.15) is 0 Å². The molecule has 2 rings (SSSR count). The van der Waals surface area contributed by atoms with Crippen molar-refractivity contribution in [1.29, 1.82) is 0 Å². The quantitative estimate of drug-likeness (QED) is 0.769. The molecule has 0 bridgehead atoms. The van der Waals surface area contributed by atoms with Gasteiger partial charge < -0.3 is 10.1 Å². The third-order valence-electron chi connectivity index (χ3n) is 4.26. The van der Waals surface area contributed by atoms with E-state index in [1.807, 2.05) is 7.11 Å². The highest BCUT2D eigenvalue weighted by atomic mass is 16.5. The number of nitrogens with zero attached hydrogens (tertiary/aromatic N) is 1. The van der Waals surface area contributed by atoms with E-state index in [0.717, 1.165) is 24.4 Å². The van der Waals surface area contributed by atoms with Gasteiger partial charge in [-0.25, -0.2) is 0 Å². The molecule has 0 saturated carbocycles. The molecule has 3 nitrogen and oxygen atoms in total. The van der Waals surface area contributed by atoms with E-state index >= 15 is 0 Å². The van der Waals surface area contributed by atoms with Crippen molar-refractivity contribution in [2.75, 3.05) is 33.3 Å². The molecule has 3 unspecified atom stereocenters. The van der Waals surface area contributed by atoms with Gasteiger partial charge in [-0.15, -0.1) is 0 Å². The molecule has 2 saturated heterocycles. The van der Waals surface area contributed by atoms with Crippen molar-refractivity contribution >= 4 is 0 Å². The number of methoxy groups -OCH3 is 1. The predicted octanol–water partition coefficient (Wildman–Crippen LogP) is 1.34. The first kappa shape index (κ1) is 12.3. The number of ether oxygens (including phenoxy) is 1. The number of piperidine rings is 2. The van der Waals surface area contributed by atoms with Crippen molar-refractivity contribution < 1.29 is 4.74 Å². The summed E-state index contributed by atoms with van der Waals surface area (Å²) < 4.78 is 5.53. The van der Waals surface area contributed by atoms with Crippen LogP contribution in [0.25, 0.3) is 0 Å². The van der Waals surface area contributed by atoms with Crippen LogP contribution in [0.5, 0.6) is 0 Å². The maximum absolute atomic E-state index is 5.53. The first-order valence-electron chi connectivity index (χ1n) is 6.70. The molecular formula is C13H26N2O. The third-order valence-corrected chi connectivity index (χ3v) is 4.26. The Bertz CT molecular complexity index is 212. The van der Waals surface area contributed by atoms with Gasteiger partial charge in [-0.1, -0.05) is 13.8 Å². The lowest BCUT2D eigenvalue weighted by Crippen LogP contribution is -2.56. The van der Waals surface area contributed by atoms with Gasteiger partial charge in [0.2, 0.25) is 0 Å². The predicted molar refractivity (Wildman–Crippen MR) is 66.6 cm³/mol. The van der Waals surface area contributed by atoms with E-state index in [4.69, 9.17) is 4.74 Å². The molecule has 1 N–H and O–H groups in total. The highest BCUT2D eigenvalue weighted by molar-refractivity contribution is 4.90. The maximum atomic E-state index is 5.53. The standard InChI is InChI=1S/C13H26N2O/c1-10-7-14-8-11(2)13(10)15-6-4-5-12(9-15)16-3/h10-14H,4-9H2,1-3H3. The normalized spacial score (nSPS) is 42.2. The van der Waals surface area contributed by atoms with E-state index in [1.165, 1.54) is 32.5 Å². The van der Waals surface area contributed by atoms with Crippen molar-refractivity contribution in [2.24, 2.45) is 11.8 Å². The molecule has 3 atom stereocenters. The molecule has 94 valence electrons. The second kappa shape index (κ2) is 5.48. The fourth-order valence-electron chi connectivity index (χ4n) is 3.49. The summed E-state index contributed by atoms with van der Waals surface area (Å²) in [5, 5.41) is 3.52. The van der Waals surface area contributed by atoms with Gasteiger partial charge in [-0.2, -0.15) is 0 Å². The van der Waals surface area contributed by atoms with Crippen LogP contribution >= 0.6 is 0 Å². The summed E-state index contributed by atoms with van der Waals surface area (Å²) in [6.45, 7) is 9.49. The van der Waals surface area contributed by atoms with Crippen molar-refractivity contribution in [2.45, 2.75) is 38.8 Å². The fourth-order valence-corrected chi connectivity index (χ4v) is 3.49. The van der Waals surface area contributed by atoms with Crippen LogP contribution in [0.4, 0.5) is 0 Å². The van der Waals surface area contributed by atoms with Crippen LogP contribution in [0.15, 0.2) is 0 Å². The van der Waals surface area contributed by atoms with Crippen LogP contribution in [0.2, 0.25) is 0 Å². The first-order chi connectivity index (χ1) is 7.72. The summed E-state index contributed by atoms with van der Waals surface area (Å²) in [4.78, 5) is 2.67. The van der Waals surface area contributed by atoms with E-state index < -0.39 is 0 Å². The molecule has 0 aromatic heterocycles. The largest absolute Gasteiger partial charge is 0.380 e. The fraction of sp³-hybridized carbons (Fsp3) is 1.00. The van der Waals surface area contributed by atoms with E-state index in [2.05, 4.69) is 24.1 Å². The average molecular weight is 226 g/mol. The summed E-state index contributed by atoms with van der Waals surface area (Å²) in [5.74, 6) is 1.53. The van der Waals surface area contributed by atoms with Gasteiger partial charge in [0.25, 0.3) is 0 Å². The zero-order valence-electron chi connectivity index (χ0n) is 10.9. The van der Waals surface area contributed by atoms with Gasteiger partial charge in [0.15, 0.2) is 0 Å². The minimum absolute atomic E-state index is 0.461. The zero-order chi connectivity index (χ0) is 11.5. The van der Waals surface area contributed by atoms with Gasteiger partial charge in [-0.3, -0.25) is 4.90 Å². The molecule has 0 aliphatic carbocycles. The monoisotopic (exact) mass is 226 g/mol. The summed E-state index contributed by atoms with van der Waals surface area (Å²) in [6.07, 6.45) is 2.99. The molecule has 0 amide bonds. The average Bonchev–Trinajstić information content (AvgIpc) is 2.29. The van der Waals surface area contributed by atoms with Crippen molar-refractivity contribution in [1.82, 2.24) is 10.2 Å². The lowest BCUT2D eigenvalue weighted by atomic mass is 9.84. The molecular weight excluding hydrogens is 200 g/mol. The molecule has 3 heteroatoms. The minimum Gasteiger partial charge on any atom is -0.380 e. The molecule has 2 fully saturated rings. The summed E-state index contributed by atoms with van der Waals surface area (Å²) in [6, 6.07) is 0.749. The Morgan fingerprint density at radius 1 is 1.19 bits per heavy atom. The number of hydrogen-bond acceptors (Lipinski definition) is 3. The van der Waals surface area contributed by atoms with Gasteiger partial charge >= 0.3 is 0 Å². The number of likely N-dealkylation sites (tertiary alicyclic amines) is 1. The van der Waals surface area contributed by atoms with Crippen molar-refractivity contribution in [3.8, 4) is 0 Å². The van der Waals surface area contributed by atoms with E-state index in [0.29, 0.717) is 6.10 Å². The molecule has 0 aromatic carbocycles. The number of nitrogens with one attached hydrogen (secondary N) is 1. The summed E-state index contributed by atoms with van der Waals surface area (Å²) >= 11 is 0. The van der Waals surface area contributed by atoms with Crippen LogP contribution in [0.1, 0.15) is 26.7 Å². The van der Waals surface area contributed by atoms with Crippen LogP contribution in [-0.4, -0.2) is 50.3 Å². The van der Waals surface area contributed by atoms with Gasteiger partial charge in [0.05, 0.1) is 6.10 Å². The number of rotatable bonds is 2. The van der Waals surface area contributed by atoms with Gasteiger partial charge in [-0.05, 0) is 44.3 Å². The second-order valence-electron chi connectivity index (χ2n) is 5.60. The molecule has 0 spiro atoms. The summed E-state index contributed by atoms with van der Waals surface area (Å²) in [7, 11) is 1.85. The Labute approximate surface area is 99.5 Å². The van der Waals surface area contributed by atoms with E-state index in [9.17, 15) is 0 Å². The highest BCUT2D eigenvalue weighted by Gasteiger charge is 2.34. The topological polar surface area (TPSA) is 24.5 Å². The zero-order valence-corrected chi connectivity index (χ0v) is 10.9. The Balaban J connectivity index is 1.98.